The highest BCUT2D eigenvalue weighted by atomic mass is 35.5. The summed E-state index contributed by atoms with van der Waals surface area (Å²) in [6, 6.07) is 11.6. The van der Waals surface area contributed by atoms with Crippen LogP contribution in [0.25, 0.3) is 0 Å². The van der Waals surface area contributed by atoms with Crippen molar-refractivity contribution in [2.45, 2.75) is 39.2 Å². The molecule has 2 aromatic carbocycles. The first kappa shape index (κ1) is 19.8. The maximum atomic E-state index is 15.0. The summed E-state index contributed by atoms with van der Waals surface area (Å²) in [4.78, 5) is 12.9. The van der Waals surface area contributed by atoms with Gasteiger partial charge < -0.3 is 5.11 Å². The number of rotatable bonds is 7. The molecule has 1 fully saturated rings. The molecular formula is C22H25ClFNO2. The lowest BCUT2D eigenvalue weighted by Crippen LogP contribution is -2.49. The van der Waals surface area contributed by atoms with Crippen molar-refractivity contribution in [2.75, 3.05) is 13.1 Å². The molecule has 0 amide bonds. The summed E-state index contributed by atoms with van der Waals surface area (Å²) in [5.41, 5.74) is 3.56. The monoisotopic (exact) mass is 389 g/mol. The summed E-state index contributed by atoms with van der Waals surface area (Å²) in [6.07, 6.45) is 1.55. The Morgan fingerprint density at radius 1 is 1.30 bits per heavy atom. The molecule has 3 rings (SSSR count). The minimum absolute atomic E-state index is 0.166. The first-order valence-electron chi connectivity index (χ1n) is 9.36. The number of benzene rings is 2. The highest BCUT2D eigenvalue weighted by Crippen LogP contribution is 2.29. The van der Waals surface area contributed by atoms with Crippen LogP contribution in [0.4, 0.5) is 4.39 Å². The van der Waals surface area contributed by atoms with Crippen molar-refractivity contribution >= 4 is 17.6 Å². The van der Waals surface area contributed by atoms with Crippen LogP contribution >= 0.6 is 11.6 Å². The van der Waals surface area contributed by atoms with Crippen molar-refractivity contribution in [3.8, 4) is 0 Å². The van der Waals surface area contributed by atoms with Gasteiger partial charge in [0.15, 0.2) is 0 Å². The van der Waals surface area contributed by atoms with E-state index in [1.54, 1.807) is 6.07 Å². The lowest BCUT2D eigenvalue weighted by molar-refractivity contribution is -0.147. The number of halogens is 2. The van der Waals surface area contributed by atoms with Gasteiger partial charge in [0.2, 0.25) is 0 Å². The second kappa shape index (κ2) is 8.41. The fourth-order valence-corrected chi connectivity index (χ4v) is 3.81. The van der Waals surface area contributed by atoms with Gasteiger partial charge in [-0.05, 0) is 48.4 Å². The summed E-state index contributed by atoms with van der Waals surface area (Å²) in [6.45, 7) is 5.53. The normalized spacial score (nSPS) is 16.1. The Hall–Kier alpha value is -1.91. The number of carboxylic acid groups (broad SMARTS) is 1. The van der Waals surface area contributed by atoms with Gasteiger partial charge in [0.05, 0.1) is 5.92 Å². The number of carboxylic acids is 1. The van der Waals surface area contributed by atoms with Gasteiger partial charge in [-0.15, -0.1) is 0 Å². The Labute approximate surface area is 164 Å². The van der Waals surface area contributed by atoms with Crippen LogP contribution in [0.5, 0.6) is 0 Å². The summed E-state index contributed by atoms with van der Waals surface area (Å²) in [5.74, 6) is -1.04. The van der Waals surface area contributed by atoms with Gasteiger partial charge >= 0.3 is 5.97 Å². The molecule has 0 bridgehead atoms. The number of hydrogen-bond acceptors (Lipinski definition) is 2. The van der Waals surface area contributed by atoms with Gasteiger partial charge in [-0.1, -0.05) is 48.9 Å². The largest absolute Gasteiger partial charge is 0.481 e. The van der Waals surface area contributed by atoms with Crippen LogP contribution in [0.15, 0.2) is 36.4 Å². The first-order valence-corrected chi connectivity index (χ1v) is 9.74. The highest BCUT2D eigenvalue weighted by Gasteiger charge is 2.32. The lowest BCUT2D eigenvalue weighted by Gasteiger charge is -2.36. The molecule has 1 aliphatic heterocycles. The molecule has 0 spiro atoms. The van der Waals surface area contributed by atoms with Crippen LogP contribution in [0.2, 0.25) is 5.02 Å². The van der Waals surface area contributed by atoms with Crippen LogP contribution in [0.1, 0.15) is 41.5 Å². The second-order valence-corrected chi connectivity index (χ2v) is 7.84. The molecule has 0 saturated carbocycles. The maximum Gasteiger partial charge on any atom is 0.309 e. The van der Waals surface area contributed by atoms with Crippen molar-refractivity contribution < 1.29 is 14.3 Å². The number of likely N-dealkylation sites (tertiary alicyclic amines) is 1. The number of hydrogen-bond donors (Lipinski definition) is 1. The third-order valence-corrected chi connectivity index (χ3v) is 5.90. The molecule has 1 aliphatic rings. The Balaban J connectivity index is 1.72. The summed E-state index contributed by atoms with van der Waals surface area (Å²) >= 11 is 6.13. The third-order valence-electron chi connectivity index (χ3n) is 5.47. The topological polar surface area (TPSA) is 40.5 Å². The zero-order valence-corrected chi connectivity index (χ0v) is 16.5. The van der Waals surface area contributed by atoms with E-state index in [9.17, 15) is 4.79 Å². The Kier molecular flexibility index (Phi) is 6.18. The smallest absolute Gasteiger partial charge is 0.309 e. The molecule has 5 heteroatoms. The number of aryl methyl sites for hydroxylation is 1. The molecule has 0 aliphatic carbocycles. The number of aliphatic carboxylic acids is 1. The molecule has 2 aromatic rings. The second-order valence-electron chi connectivity index (χ2n) is 7.44. The fraction of sp³-hybridized carbons (Fsp3) is 0.409. The minimum Gasteiger partial charge on any atom is -0.481 e. The van der Waals surface area contributed by atoms with Crippen molar-refractivity contribution in [2.24, 2.45) is 5.92 Å². The molecule has 144 valence electrons. The van der Waals surface area contributed by atoms with Crippen molar-refractivity contribution in [1.82, 2.24) is 4.90 Å². The van der Waals surface area contributed by atoms with Crippen molar-refractivity contribution in [1.29, 1.82) is 0 Å². The van der Waals surface area contributed by atoms with Gasteiger partial charge in [0.1, 0.15) is 5.82 Å². The molecule has 0 aromatic heterocycles. The predicted octanol–water partition coefficient (Wildman–Crippen LogP) is 5.04. The Morgan fingerprint density at radius 2 is 2.00 bits per heavy atom. The van der Waals surface area contributed by atoms with E-state index in [1.165, 1.54) is 5.56 Å². The lowest BCUT2D eigenvalue weighted by atomic mass is 9.88. The highest BCUT2D eigenvalue weighted by molar-refractivity contribution is 6.31. The van der Waals surface area contributed by atoms with Gasteiger partial charge in [-0.25, -0.2) is 4.39 Å². The quantitative estimate of drug-likeness (QED) is 0.721. The van der Waals surface area contributed by atoms with Crippen LogP contribution in [-0.2, 0) is 17.8 Å². The van der Waals surface area contributed by atoms with Crippen LogP contribution in [0, 0.1) is 18.7 Å². The molecule has 27 heavy (non-hydrogen) atoms. The van der Waals surface area contributed by atoms with E-state index in [2.05, 4.69) is 13.0 Å². The predicted molar refractivity (Wildman–Crippen MR) is 106 cm³/mol. The van der Waals surface area contributed by atoms with E-state index in [0.717, 1.165) is 17.0 Å². The third kappa shape index (κ3) is 4.50. The first-order chi connectivity index (χ1) is 12.9. The SMILES string of the molecule is CC[C@@H](Cc1cccc(CN2CC(C(=O)O)C2)c1F)c1ccc(Cl)c(C)c1. The van der Waals surface area contributed by atoms with Crippen LogP contribution < -0.4 is 0 Å². The van der Waals surface area contributed by atoms with E-state index >= 15 is 4.39 Å². The van der Waals surface area contributed by atoms with Gasteiger partial charge in [-0.2, -0.15) is 0 Å². The van der Waals surface area contributed by atoms with Crippen molar-refractivity contribution in [3.05, 3.63) is 69.5 Å². The van der Waals surface area contributed by atoms with E-state index in [0.29, 0.717) is 37.2 Å². The standard InChI is InChI=1S/C22H25ClFNO2/c1-3-15(16-7-8-20(23)14(2)9-16)10-17-5-4-6-18(21(17)24)11-25-12-19(13-25)22(26)27/h4-9,15,19H,3,10-13H2,1-2H3,(H,26,27)/t15-/m0/s1. The van der Waals surface area contributed by atoms with Crippen LogP contribution in [-0.4, -0.2) is 29.1 Å². The number of carbonyl (C=O) groups is 1. The molecule has 0 unspecified atom stereocenters. The summed E-state index contributed by atoms with van der Waals surface area (Å²) < 4.78 is 15.0. The molecule has 1 saturated heterocycles. The van der Waals surface area contributed by atoms with E-state index in [-0.39, 0.29) is 17.7 Å². The van der Waals surface area contributed by atoms with Gasteiger partial charge in [0, 0.05) is 30.2 Å². The molecule has 0 radical (unpaired) electrons. The summed E-state index contributed by atoms with van der Waals surface area (Å²) in [7, 11) is 0. The van der Waals surface area contributed by atoms with Crippen LogP contribution in [0.3, 0.4) is 0 Å². The fourth-order valence-electron chi connectivity index (χ4n) is 3.69. The van der Waals surface area contributed by atoms with E-state index in [1.807, 2.05) is 36.1 Å². The minimum atomic E-state index is -0.774. The van der Waals surface area contributed by atoms with E-state index < -0.39 is 5.97 Å². The average Bonchev–Trinajstić information content (AvgIpc) is 2.60. The van der Waals surface area contributed by atoms with Gasteiger partial charge in [0.25, 0.3) is 0 Å². The Bertz CT molecular complexity index is 833. The average molecular weight is 390 g/mol. The van der Waals surface area contributed by atoms with Crippen molar-refractivity contribution in [3.63, 3.8) is 0 Å². The molecule has 1 atom stereocenters. The Morgan fingerprint density at radius 3 is 2.63 bits per heavy atom. The molecule has 1 heterocycles. The van der Waals surface area contributed by atoms with E-state index in [4.69, 9.17) is 16.7 Å². The zero-order valence-electron chi connectivity index (χ0n) is 15.7. The zero-order chi connectivity index (χ0) is 19.6. The maximum absolute atomic E-state index is 15.0. The molecule has 1 N–H and O–H groups in total. The van der Waals surface area contributed by atoms with Gasteiger partial charge in [-0.3, -0.25) is 9.69 Å². The summed E-state index contributed by atoms with van der Waals surface area (Å²) in [5, 5.41) is 9.72. The number of nitrogens with zero attached hydrogens (tertiary/aromatic N) is 1. The molecule has 3 nitrogen and oxygen atoms in total. The molecular weight excluding hydrogens is 365 g/mol.